The highest BCUT2D eigenvalue weighted by molar-refractivity contribution is 6.30. The van der Waals surface area contributed by atoms with Crippen molar-refractivity contribution in [3.05, 3.63) is 23.4 Å². The van der Waals surface area contributed by atoms with Crippen LogP contribution < -0.4 is 4.90 Å². The topological polar surface area (TPSA) is 56.8 Å². The lowest BCUT2D eigenvalue weighted by Gasteiger charge is -2.35. The zero-order valence-corrected chi connectivity index (χ0v) is 14.2. The summed E-state index contributed by atoms with van der Waals surface area (Å²) in [5.41, 5.74) is 0. The molecule has 2 atom stereocenters. The molecule has 0 saturated carbocycles. The molecule has 4 heterocycles. The zero-order chi connectivity index (χ0) is 16.6. The Morgan fingerprint density at radius 1 is 1.35 bits per heavy atom. The first kappa shape index (κ1) is 16.1. The van der Waals surface area contributed by atoms with Crippen molar-refractivity contribution in [3.63, 3.8) is 0 Å². The number of carbonyl (C=O) groups is 2. The van der Waals surface area contributed by atoms with Gasteiger partial charge >= 0.3 is 0 Å². The van der Waals surface area contributed by atoms with Gasteiger partial charge in [-0.15, -0.1) is 0 Å². The van der Waals surface area contributed by atoms with Gasteiger partial charge in [0.25, 0.3) is 0 Å². The number of halogens is 1. The molecule has 124 valence electrons. The number of piperidine rings is 1. The Labute approximate surface area is 141 Å². The van der Waals surface area contributed by atoms with Gasteiger partial charge in [-0.05, 0) is 25.0 Å². The van der Waals surface area contributed by atoms with E-state index in [4.69, 9.17) is 11.6 Å². The highest BCUT2D eigenvalue weighted by Crippen LogP contribution is 2.31. The lowest BCUT2D eigenvalue weighted by atomic mass is 9.94. The van der Waals surface area contributed by atoms with E-state index in [1.807, 2.05) is 12.1 Å². The normalized spacial score (nSPS) is 23.9. The Morgan fingerprint density at radius 2 is 2.13 bits per heavy atom. The second-order valence-electron chi connectivity index (χ2n) is 6.42. The van der Waals surface area contributed by atoms with Crippen LogP contribution in [0.5, 0.6) is 0 Å². The Bertz CT molecular complexity index is 605. The van der Waals surface area contributed by atoms with Crippen LogP contribution in [0.2, 0.25) is 5.02 Å². The van der Waals surface area contributed by atoms with E-state index in [-0.39, 0.29) is 30.3 Å². The molecule has 0 aliphatic carbocycles. The van der Waals surface area contributed by atoms with E-state index in [9.17, 15) is 9.59 Å². The molecule has 1 aromatic rings. The van der Waals surface area contributed by atoms with Crippen molar-refractivity contribution in [1.82, 2.24) is 14.8 Å². The molecule has 4 rings (SSSR count). The Balaban J connectivity index is 1.80. The van der Waals surface area contributed by atoms with Gasteiger partial charge in [-0.3, -0.25) is 9.59 Å². The maximum absolute atomic E-state index is 12.7. The van der Waals surface area contributed by atoms with Crippen molar-refractivity contribution in [2.24, 2.45) is 5.92 Å². The van der Waals surface area contributed by atoms with Gasteiger partial charge < -0.3 is 14.7 Å². The Morgan fingerprint density at radius 3 is 2.78 bits per heavy atom. The maximum atomic E-state index is 12.7. The molecule has 0 unspecified atom stereocenters. The summed E-state index contributed by atoms with van der Waals surface area (Å²) in [4.78, 5) is 34.5. The van der Waals surface area contributed by atoms with Crippen LogP contribution in [0.25, 0.3) is 0 Å². The molecular weight excluding hydrogens is 316 g/mol. The number of carbonyl (C=O) groups excluding carboxylic acids is 2. The number of amides is 2. The van der Waals surface area contributed by atoms with E-state index in [0.717, 1.165) is 18.7 Å². The van der Waals surface area contributed by atoms with Gasteiger partial charge in [0.1, 0.15) is 12.4 Å². The molecular formula is C16H21ClN4O2. The molecule has 23 heavy (non-hydrogen) atoms. The first-order chi connectivity index (χ1) is 11.0. The quantitative estimate of drug-likeness (QED) is 0.833. The summed E-state index contributed by atoms with van der Waals surface area (Å²) in [6, 6.07) is 3.75. The van der Waals surface area contributed by atoms with Gasteiger partial charge in [0, 0.05) is 39.4 Å². The lowest BCUT2D eigenvalue weighted by Crippen LogP contribution is -2.51. The number of aromatic nitrogens is 1. The minimum absolute atomic E-state index is 0.0398. The molecule has 0 radical (unpaired) electrons. The van der Waals surface area contributed by atoms with Crippen LogP contribution in [-0.4, -0.2) is 66.4 Å². The van der Waals surface area contributed by atoms with Gasteiger partial charge in [0.2, 0.25) is 11.8 Å². The summed E-state index contributed by atoms with van der Waals surface area (Å²) in [6.45, 7) is 1.52. The standard InChI is InChI=1S/C16H21ClN4O2/c1-19(2)15(22)10-21-13-5-3-11(16(21)23)8-20(9-13)14-6-4-12(17)7-18-14/h4,6-7,11,13H,3,5,8-10H2,1-2H3/t11-,13+/m1/s1. The summed E-state index contributed by atoms with van der Waals surface area (Å²) in [5, 5.41) is 0.598. The smallest absolute Gasteiger partial charge is 0.241 e. The van der Waals surface area contributed by atoms with Crippen LogP contribution >= 0.6 is 11.6 Å². The van der Waals surface area contributed by atoms with Crippen molar-refractivity contribution in [3.8, 4) is 0 Å². The summed E-state index contributed by atoms with van der Waals surface area (Å²) in [5.74, 6) is 0.816. The molecule has 2 bridgehead atoms. The molecule has 3 saturated heterocycles. The molecule has 0 aromatic carbocycles. The van der Waals surface area contributed by atoms with Crippen LogP contribution in [0, 0.1) is 5.92 Å². The lowest BCUT2D eigenvalue weighted by molar-refractivity contribution is -0.145. The van der Waals surface area contributed by atoms with Gasteiger partial charge in [0.15, 0.2) is 0 Å². The third-order valence-corrected chi connectivity index (χ3v) is 4.86. The third kappa shape index (κ3) is 3.27. The second-order valence-corrected chi connectivity index (χ2v) is 6.86. The van der Waals surface area contributed by atoms with E-state index in [2.05, 4.69) is 9.88 Å². The number of rotatable bonds is 3. The van der Waals surface area contributed by atoms with E-state index in [0.29, 0.717) is 18.1 Å². The van der Waals surface area contributed by atoms with Crippen molar-refractivity contribution in [1.29, 1.82) is 0 Å². The van der Waals surface area contributed by atoms with E-state index in [1.165, 1.54) is 4.90 Å². The number of likely N-dealkylation sites (N-methyl/N-ethyl adjacent to an activating group) is 1. The molecule has 0 spiro atoms. The largest absolute Gasteiger partial charge is 0.354 e. The van der Waals surface area contributed by atoms with Gasteiger partial charge in [-0.2, -0.15) is 0 Å². The predicted octanol–water partition coefficient (Wildman–Crippen LogP) is 1.25. The van der Waals surface area contributed by atoms with E-state index in [1.54, 1.807) is 25.2 Å². The van der Waals surface area contributed by atoms with E-state index < -0.39 is 0 Å². The van der Waals surface area contributed by atoms with Gasteiger partial charge in [0.05, 0.1) is 10.9 Å². The molecule has 1 aromatic heterocycles. The molecule has 2 amide bonds. The molecule has 3 fully saturated rings. The zero-order valence-electron chi connectivity index (χ0n) is 13.4. The van der Waals surface area contributed by atoms with Crippen LogP contribution in [0.15, 0.2) is 18.3 Å². The fourth-order valence-corrected chi connectivity index (χ4v) is 3.39. The molecule has 0 N–H and O–H groups in total. The molecule has 3 aliphatic rings. The highest BCUT2D eigenvalue weighted by Gasteiger charge is 2.41. The third-order valence-electron chi connectivity index (χ3n) is 4.63. The minimum atomic E-state index is -0.0683. The SMILES string of the molecule is CN(C)C(=O)CN1C(=O)[C@@H]2CC[C@H]1CN(c1ccc(Cl)cn1)C2. The van der Waals surface area contributed by atoms with Crippen molar-refractivity contribution in [2.45, 2.75) is 18.9 Å². The van der Waals surface area contributed by atoms with Gasteiger partial charge in [-0.25, -0.2) is 4.98 Å². The number of anilines is 1. The fourth-order valence-electron chi connectivity index (χ4n) is 3.28. The average Bonchev–Trinajstić information content (AvgIpc) is 2.81. The predicted molar refractivity (Wildman–Crippen MR) is 88.4 cm³/mol. The summed E-state index contributed by atoms with van der Waals surface area (Å²) < 4.78 is 0. The van der Waals surface area contributed by atoms with Crippen molar-refractivity contribution in [2.75, 3.05) is 38.6 Å². The van der Waals surface area contributed by atoms with Crippen molar-refractivity contribution < 1.29 is 9.59 Å². The monoisotopic (exact) mass is 336 g/mol. The number of hydrogen-bond acceptors (Lipinski definition) is 4. The first-order valence-electron chi connectivity index (χ1n) is 7.83. The summed E-state index contributed by atoms with van der Waals surface area (Å²) in [6.07, 6.45) is 3.43. The second kappa shape index (κ2) is 6.35. The molecule has 7 heteroatoms. The van der Waals surface area contributed by atoms with Crippen LogP contribution in [0.3, 0.4) is 0 Å². The average molecular weight is 337 g/mol. The molecule has 3 aliphatic heterocycles. The summed E-state index contributed by atoms with van der Waals surface area (Å²) >= 11 is 5.90. The molecule has 6 nitrogen and oxygen atoms in total. The number of hydrogen-bond donors (Lipinski definition) is 0. The van der Waals surface area contributed by atoms with Crippen molar-refractivity contribution >= 4 is 29.2 Å². The Hall–Kier alpha value is -1.82. The number of pyridine rings is 1. The number of fused-ring (bicyclic) bond motifs is 4. The Kier molecular flexibility index (Phi) is 4.43. The summed E-state index contributed by atoms with van der Waals surface area (Å²) in [7, 11) is 3.43. The van der Waals surface area contributed by atoms with Crippen LogP contribution in [-0.2, 0) is 9.59 Å². The van der Waals surface area contributed by atoms with Gasteiger partial charge in [-0.1, -0.05) is 11.6 Å². The fraction of sp³-hybridized carbons (Fsp3) is 0.562. The van der Waals surface area contributed by atoms with Crippen LogP contribution in [0.4, 0.5) is 5.82 Å². The number of nitrogens with zero attached hydrogens (tertiary/aromatic N) is 4. The first-order valence-corrected chi connectivity index (χ1v) is 8.20. The maximum Gasteiger partial charge on any atom is 0.241 e. The highest BCUT2D eigenvalue weighted by atomic mass is 35.5. The minimum Gasteiger partial charge on any atom is -0.354 e. The van der Waals surface area contributed by atoms with E-state index >= 15 is 0 Å². The van der Waals surface area contributed by atoms with Crippen LogP contribution in [0.1, 0.15) is 12.8 Å².